The second-order valence-electron chi connectivity index (χ2n) is 7.75. The van der Waals surface area contributed by atoms with Crippen LogP contribution < -0.4 is 18.1 Å². The van der Waals surface area contributed by atoms with E-state index in [2.05, 4.69) is 20.6 Å². The van der Waals surface area contributed by atoms with Gasteiger partial charge in [-0.15, -0.1) is 0 Å². The van der Waals surface area contributed by atoms with Gasteiger partial charge in [-0.1, -0.05) is 64.9 Å². The van der Waals surface area contributed by atoms with Crippen molar-refractivity contribution in [3.8, 4) is 0 Å². The standard InChI is InChI=1S/C21H43N2O.ClH/c1-5-6-7-8-9-10-11-12-13-14-17-23(4,18-15-16-22)19-21(24)20(2)3;/h2,5-19,22H2,1,3-4H3;1H/q+1;/p-1. The molecule has 0 aliphatic rings. The summed E-state index contributed by atoms with van der Waals surface area (Å²) in [5, 5.41) is 0. The van der Waals surface area contributed by atoms with E-state index in [4.69, 9.17) is 5.73 Å². The zero-order chi connectivity index (χ0) is 18.3. The van der Waals surface area contributed by atoms with E-state index in [1.54, 1.807) is 0 Å². The van der Waals surface area contributed by atoms with Crippen molar-refractivity contribution in [1.82, 2.24) is 0 Å². The molecule has 0 aromatic rings. The first-order chi connectivity index (χ1) is 11.4. The molecular weight excluding hydrogens is 332 g/mol. The summed E-state index contributed by atoms with van der Waals surface area (Å²) in [6.45, 7) is 11.2. The molecule has 0 fully saturated rings. The van der Waals surface area contributed by atoms with Crippen LogP contribution in [0.25, 0.3) is 0 Å². The first-order valence-corrected chi connectivity index (χ1v) is 10.2. The van der Waals surface area contributed by atoms with Gasteiger partial charge in [0.2, 0.25) is 5.78 Å². The van der Waals surface area contributed by atoms with E-state index in [0.717, 1.165) is 24.0 Å². The Bertz CT molecular complexity index is 347. The molecule has 25 heavy (non-hydrogen) atoms. The summed E-state index contributed by atoms with van der Waals surface area (Å²) in [4.78, 5) is 12.1. The Morgan fingerprint density at radius 3 is 1.76 bits per heavy atom. The quantitative estimate of drug-likeness (QED) is 0.240. The van der Waals surface area contributed by atoms with E-state index in [1.807, 2.05) is 6.92 Å². The number of likely N-dealkylation sites (N-methyl/N-ethyl adjacent to an activating group) is 1. The van der Waals surface area contributed by atoms with Gasteiger partial charge in [-0.05, 0) is 31.9 Å². The van der Waals surface area contributed by atoms with Gasteiger partial charge in [0, 0.05) is 6.42 Å². The van der Waals surface area contributed by atoms with Crippen molar-refractivity contribution in [1.29, 1.82) is 0 Å². The number of unbranched alkanes of at least 4 members (excludes halogenated alkanes) is 9. The number of rotatable bonds is 17. The zero-order valence-electron chi connectivity index (χ0n) is 17.1. The van der Waals surface area contributed by atoms with Crippen LogP contribution in [-0.4, -0.2) is 43.5 Å². The van der Waals surface area contributed by atoms with Crippen LogP contribution in [0.5, 0.6) is 0 Å². The van der Waals surface area contributed by atoms with Gasteiger partial charge in [0.05, 0.1) is 20.1 Å². The largest absolute Gasteiger partial charge is 1.00 e. The molecule has 0 amide bonds. The Kier molecular flexibility index (Phi) is 18.3. The van der Waals surface area contributed by atoms with Gasteiger partial charge in [0.25, 0.3) is 0 Å². The predicted octanol–water partition coefficient (Wildman–Crippen LogP) is 1.85. The van der Waals surface area contributed by atoms with Gasteiger partial charge in [-0.2, -0.15) is 0 Å². The van der Waals surface area contributed by atoms with Gasteiger partial charge < -0.3 is 22.6 Å². The molecule has 0 aromatic carbocycles. The molecule has 0 aliphatic carbocycles. The van der Waals surface area contributed by atoms with Crippen LogP contribution in [0, 0.1) is 0 Å². The SMILES string of the molecule is C=C(C)C(=O)C[N+](C)(CCCN)CCCCCCCCCCCC.[Cl-]. The molecule has 150 valence electrons. The molecule has 4 heteroatoms. The number of nitrogens with zero attached hydrogens (tertiary/aromatic N) is 1. The molecule has 2 N–H and O–H groups in total. The minimum atomic E-state index is 0. The molecule has 0 heterocycles. The summed E-state index contributed by atoms with van der Waals surface area (Å²) in [6.07, 6.45) is 14.5. The van der Waals surface area contributed by atoms with E-state index in [-0.39, 0.29) is 18.2 Å². The van der Waals surface area contributed by atoms with Crippen LogP contribution in [0.2, 0.25) is 0 Å². The lowest BCUT2D eigenvalue weighted by atomic mass is 10.1. The van der Waals surface area contributed by atoms with Gasteiger partial charge in [0.15, 0.2) is 0 Å². The second-order valence-corrected chi connectivity index (χ2v) is 7.75. The number of carbonyl (C=O) groups is 1. The molecule has 1 atom stereocenters. The lowest BCUT2D eigenvalue weighted by Gasteiger charge is -2.34. The minimum absolute atomic E-state index is 0. The van der Waals surface area contributed by atoms with Gasteiger partial charge in [0.1, 0.15) is 6.54 Å². The van der Waals surface area contributed by atoms with Gasteiger partial charge >= 0.3 is 0 Å². The highest BCUT2D eigenvalue weighted by atomic mass is 35.5. The number of nitrogens with two attached hydrogens (primary N) is 1. The van der Waals surface area contributed by atoms with Crippen molar-refractivity contribution in [2.45, 2.75) is 84.5 Å². The third-order valence-electron chi connectivity index (χ3n) is 4.95. The molecule has 3 nitrogen and oxygen atoms in total. The molecule has 0 saturated heterocycles. The van der Waals surface area contributed by atoms with Crippen molar-refractivity contribution in [2.75, 3.05) is 33.2 Å². The number of hydrogen-bond acceptors (Lipinski definition) is 2. The number of halogens is 1. The molecule has 0 aliphatic heterocycles. The van der Waals surface area contributed by atoms with E-state index in [0.29, 0.717) is 18.7 Å². The fraction of sp³-hybridized carbons (Fsp3) is 0.857. The average molecular weight is 375 g/mol. The predicted molar refractivity (Wildman–Crippen MR) is 106 cm³/mol. The summed E-state index contributed by atoms with van der Waals surface area (Å²) in [7, 11) is 2.20. The molecule has 0 bridgehead atoms. The first-order valence-electron chi connectivity index (χ1n) is 10.2. The molecule has 0 radical (unpaired) electrons. The van der Waals surface area contributed by atoms with Crippen LogP contribution in [0.15, 0.2) is 12.2 Å². The van der Waals surface area contributed by atoms with Crippen LogP contribution in [0.1, 0.15) is 84.5 Å². The third-order valence-corrected chi connectivity index (χ3v) is 4.95. The highest BCUT2D eigenvalue weighted by Crippen LogP contribution is 2.13. The lowest BCUT2D eigenvalue weighted by Crippen LogP contribution is -3.00. The summed E-state index contributed by atoms with van der Waals surface area (Å²) in [5.41, 5.74) is 6.34. The Hall–Kier alpha value is -0.380. The smallest absolute Gasteiger partial charge is 0.212 e. The number of Topliss-reactive ketones (excluding diaryl/α,β-unsaturated/α-hetero) is 1. The lowest BCUT2D eigenvalue weighted by molar-refractivity contribution is -0.902. The maximum atomic E-state index is 12.1. The number of carbonyl (C=O) groups excluding carboxylic acids is 1. The highest BCUT2D eigenvalue weighted by Gasteiger charge is 2.24. The van der Waals surface area contributed by atoms with E-state index in [9.17, 15) is 4.79 Å². The second kappa shape index (κ2) is 17.1. The third kappa shape index (κ3) is 15.6. The van der Waals surface area contributed by atoms with Crippen molar-refractivity contribution in [3.63, 3.8) is 0 Å². The van der Waals surface area contributed by atoms with Crippen LogP contribution in [0.3, 0.4) is 0 Å². The summed E-state index contributed by atoms with van der Waals surface area (Å²) in [6, 6.07) is 0. The normalized spacial score (nSPS) is 13.1. The molecule has 0 rings (SSSR count). The summed E-state index contributed by atoms with van der Waals surface area (Å²) >= 11 is 0. The maximum Gasteiger partial charge on any atom is 0.212 e. The number of hydrogen-bond donors (Lipinski definition) is 1. The van der Waals surface area contributed by atoms with Gasteiger partial charge in [-0.3, -0.25) is 4.79 Å². The van der Waals surface area contributed by atoms with Crippen molar-refractivity contribution < 1.29 is 21.7 Å². The minimum Gasteiger partial charge on any atom is -1.00 e. The summed E-state index contributed by atoms with van der Waals surface area (Å²) in [5.74, 6) is 0.196. The van der Waals surface area contributed by atoms with Gasteiger partial charge in [-0.25, -0.2) is 0 Å². The van der Waals surface area contributed by atoms with E-state index < -0.39 is 0 Å². The highest BCUT2D eigenvalue weighted by molar-refractivity contribution is 5.95. The Morgan fingerprint density at radius 1 is 0.880 bits per heavy atom. The van der Waals surface area contributed by atoms with Crippen LogP contribution in [0.4, 0.5) is 0 Å². The zero-order valence-corrected chi connectivity index (χ0v) is 17.9. The van der Waals surface area contributed by atoms with Crippen molar-refractivity contribution in [3.05, 3.63) is 12.2 Å². The molecule has 0 saturated carbocycles. The summed E-state index contributed by atoms with van der Waals surface area (Å²) < 4.78 is 0.819. The first kappa shape index (κ1) is 26.8. The molecular formula is C21H43ClN2O. The molecule has 0 spiro atoms. The van der Waals surface area contributed by atoms with E-state index >= 15 is 0 Å². The monoisotopic (exact) mass is 374 g/mol. The average Bonchev–Trinajstić information content (AvgIpc) is 2.54. The Labute approximate surface area is 163 Å². The van der Waals surface area contributed by atoms with E-state index in [1.165, 1.54) is 64.2 Å². The molecule has 0 aromatic heterocycles. The van der Waals surface area contributed by atoms with Crippen LogP contribution >= 0.6 is 0 Å². The van der Waals surface area contributed by atoms with Crippen molar-refractivity contribution >= 4 is 5.78 Å². The Morgan fingerprint density at radius 2 is 1.32 bits per heavy atom. The fourth-order valence-corrected chi connectivity index (χ4v) is 3.21. The van der Waals surface area contributed by atoms with Crippen molar-refractivity contribution in [2.24, 2.45) is 5.73 Å². The fourth-order valence-electron chi connectivity index (χ4n) is 3.21. The number of ketones is 1. The number of quaternary nitrogens is 1. The topological polar surface area (TPSA) is 43.1 Å². The Balaban J connectivity index is 0. The molecule has 1 unspecified atom stereocenters. The van der Waals surface area contributed by atoms with Crippen LogP contribution in [-0.2, 0) is 4.79 Å². The maximum absolute atomic E-state index is 12.1.